The van der Waals surface area contributed by atoms with Crippen molar-refractivity contribution in [3.8, 4) is 5.75 Å². The third-order valence-electron chi connectivity index (χ3n) is 2.96. The number of rotatable bonds is 4. The summed E-state index contributed by atoms with van der Waals surface area (Å²) in [6.07, 6.45) is 0. The van der Waals surface area contributed by atoms with E-state index in [1.165, 1.54) is 7.11 Å². The molecule has 0 aliphatic heterocycles. The van der Waals surface area contributed by atoms with Crippen molar-refractivity contribution in [2.45, 2.75) is 19.9 Å². The minimum Gasteiger partial charge on any atom is -0.496 e. The van der Waals surface area contributed by atoms with Gasteiger partial charge in [-0.2, -0.15) is 0 Å². The van der Waals surface area contributed by atoms with Crippen LogP contribution in [0, 0.1) is 5.41 Å². The maximum atomic E-state index is 11.7. The average molecular weight is 274 g/mol. The number of para-hydroxylation sites is 1. The standard InChI is InChI=1S/C13H19NO3.ClH/c1-13(2,12(15)17-4)11(14)9-7-5-6-8-10(9)16-3;/h5-8,11H,14H2,1-4H3;1H/t11-;/m1./s1. The molecule has 18 heavy (non-hydrogen) atoms. The molecule has 102 valence electrons. The van der Waals surface area contributed by atoms with Gasteiger partial charge >= 0.3 is 5.97 Å². The van der Waals surface area contributed by atoms with Gasteiger partial charge < -0.3 is 15.2 Å². The first-order valence-electron chi connectivity index (χ1n) is 5.42. The topological polar surface area (TPSA) is 61.5 Å². The van der Waals surface area contributed by atoms with Gasteiger partial charge in [-0.25, -0.2) is 0 Å². The lowest BCUT2D eigenvalue weighted by Gasteiger charge is -2.29. The van der Waals surface area contributed by atoms with Gasteiger partial charge in [0.05, 0.1) is 19.6 Å². The van der Waals surface area contributed by atoms with Gasteiger partial charge in [-0.1, -0.05) is 18.2 Å². The fourth-order valence-corrected chi connectivity index (χ4v) is 1.70. The van der Waals surface area contributed by atoms with E-state index >= 15 is 0 Å². The molecule has 1 atom stereocenters. The predicted octanol–water partition coefficient (Wildman–Crippen LogP) is 2.32. The lowest BCUT2D eigenvalue weighted by Crippen LogP contribution is -2.37. The summed E-state index contributed by atoms with van der Waals surface area (Å²) < 4.78 is 10.0. The molecule has 2 N–H and O–H groups in total. The largest absolute Gasteiger partial charge is 0.496 e. The summed E-state index contributed by atoms with van der Waals surface area (Å²) in [5, 5.41) is 0. The fourth-order valence-electron chi connectivity index (χ4n) is 1.70. The van der Waals surface area contributed by atoms with Gasteiger partial charge in [-0.05, 0) is 19.9 Å². The average Bonchev–Trinajstić information content (AvgIpc) is 2.36. The number of hydrogen-bond donors (Lipinski definition) is 1. The van der Waals surface area contributed by atoms with Crippen molar-refractivity contribution in [1.29, 1.82) is 0 Å². The zero-order valence-electron chi connectivity index (χ0n) is 11.1. The Kier molecular flexibility index (Phi) is 6.15. The van der Waals surface area contributed by atoms with E-state index in [0.29, 0.717) is 5.75 Å². The van der Waals surface area contributed by atoms with Crippen LogP contribution in [0.3, 0.4) is 0 Å². The fraction of sp³-hybridized carbons (Fsp3) is 0.462. The Morgan fingerprint density at radius 1 is 1.28 bits per heavy atom. The molecule has 0 amide bonds. The van der Waals surface area contributed by atoms with Crippen LogP contribution in [-0.4, -0.2) is 20.2 Å². The van der Waals surface area contributed by atoms with E-state index in [9.17, 15) is 4.79 Å². The number of carbonyl (C=O) groups excluding carboxylic acids is 1. The minimum absolute atomic E-state index is 0. The van der Waals surface area contributed by atoms with E-state index in [0.717, 1.165) is 5.56 Å². The molecule has 0 saturated heterocycles. The van der Waals surface area contributed by atoms with Crippen LogP contribution >= 0.6 is 12.4 Å². The summed E-state index contributed by atoms with van der Waals surface area (Å²) in [6.45, 7) is 3.52. The van der Waals surface area contributed by atoms with Crippen molar-refractivity contribution < 1.29 is 14.3 Å². The van der Waals surface area contributed by atoms with Gasteiger partial charge in [0.1, 0.15) is 5.75 Å². The van der Waals surface area contributed by atoms with Gasteiger partial charge in [-0.3, -0.25) is 4.79 Å². The molecular formula is C13H20ClNO3. The first-order chi connectivity index (χ1) is 7.95. The molecule has 0 radical (unpaired) electrons. The molecule has 0 aliphatic rings. The summed E-state index contributed by atoms with van der Waals surface area (Å²) in [4.78, 5) is 11.7. The molecule has 5 heteroatoms. The maximum Gasteiger partial charge on any atom is 0.313 e. The van der Waals surface area contributed by atoms with E-state index in [4.69, 9.17) is 15.2 Å². The molecule has 0 aromatic heterocycles. The Labute approximate surface area is 114 Å². The molecule has 0 saturated carbocycles. The molecule has 4 nitrogen and oxygen atoms in total. The number of esters is 1. The third kappa shape index (κ3) is 3.15. The van der Waals surface area contributed by atoms with E-state index in [2.05, 4.69) is 0 Å². The zero-order valence-corrected chi connectivity index (χ0v) is 11.9. The molecule has 0 bridgehead atoms. The summed E-state index contributed by atoms with van der Waals surface area (Å²) in [7, 11) is 2.94. The Hall–Kier alpha value is -1.26. The van der Waals surface area contributed by atoms with Crippen LogP contribution in [0.2, 0.25) is 0 Å². The van der Waals surface area contributed by atoms with Crippen molar-refractivity contribution in [2.24, 2.45) is 11.1 Å². The summed E-state index contributed by atoms with van der Waals surface area (Å²) in [6, 6.07) is 6.92. The molecule has 0 fully saturated rings. The second-order valence-electron chi connectivity index (χ2n) is 4.43. The van der Waals surface area contributed by atoms with Crippen LogP contribution in [0.1, 0.15) is 25.5 Å². The molecule has 0 spiro atoms. The minimum atomic E-state index is -0.802. The van der Waals surface area contributed by atoms with Gasteiger partial charge in [-0.15, -0.1) is 12.4 Å². The lowest BCUT2D eigenvalue weighted by molar-refractivity contribution is -0.152. The Morgan fingerprint density at radius 3 is 2.33 bits per heavy atom. The van der Waals surface area contributed by atoms with Gasteiger partial charge in [0, 0.05) is 11.6 Å². The van der Waals surface area contributed by atoms with Crippen LogP contribution < -0.4 is 10.5 Å². The molecular weight excluding hydrogens is 254 g/mol. The lowest BCUT2D eigenvalue weighted by atomic mass is 9.81. The van der Waals surface area contributed by atoms with Crippen LogP contribution in [0.25, 0.3) is 0 Å². The van der Waals surface area contributed by atoms with Crippen LogP contribution in [0.15, 0.2) is 24.3 Å². The number of halogens is 1. The van der Waals surface area contributed by atoms with Crippen LogP contribution in [0.5, 0.6) is 5.75 Å². The van der Waals surface area contributed by atoms with E-state index in [-0.39, 0.29) is 18.4 Å². The molecule has 0 unspecified atom stereocenters. The van der Waals surface area contributed by atoms with Gasteiger partial charge in [0.25, 0.3) is 0 Å². The van der Waals surface area contributed by atoms with E-state index in [1.54, 1.807) is 21.0 Å². The van der Waals surface area contributed by atoms with Crippen LogP contribution in [0.4, 0.5) is 0 Å². The molecule has 0 heterocycles. The van der Waals surface area contributed by atoms with Crippen LogP contribution in [-0.2, 0) is 9.53 Å². The van der Waals surface area contributed by atoms with Crippen molar-refractivity contribution in [3.63, 3.8) is 0 Å². The quantitative estimate of drug-likeness (QED) is 0.855. The van der Waals surface area contributed by atoms with Gasteiger partial charge in [0.2, 0.25) is 0 Å². The summed E-state index contributed by atoms with van der Waals surface area (Å²) >= 11 is 0. The second-order valence-corrected chi connectivity index (χ2v) is 4.43. The molecule has 1 rings (SSSR count). The molecule has 0 aliphatic carbocycles. The first kappa shape index (κ1) is 16.7. The Balaban J connectivity index is 0.00000289. The maximum absolute atomic E-state index is 11.7. The van der Waals surface area contributed by atoms with E-state index in [1.807, 2.05) is 24.3 Å². The first-order valence-corrected chi connectivity index (χ1v) is 5.42. The number of benzene rings is 1. The zero-order chi connectivity index (χ0) is 13.1. The number of hydrogen-bond acceptors (Lipinski definition) is 4. The number of nitrogens with two attached hydrogens (primary N) is 1. The normalized spacial score (nSPS) is 12.3. The number of methoxy groups -OCH3 is 2. The predicted molar refractivity (Wildman–Crippen MR) is 73.0 cm³/mol. The summed E-state index contributed by atoms with van der Waals surface area (Å²) in [5.74, 6) is 0.341. The van der Waals surface area contributed by atoms with Crippen molar-refractivity contribution >= 4 is 18.4 Å². The number of ether oxygens (including phenoxy) is 2. The summed E-state index contributed by atoms with van der Waals surface area (Å²) in [5.41, 5.74) is 6.14. The number of carbonyl (C=O) groups is 1. The Bertz CT molecular complexity index is 407. The van der Waals surface area contributed by atoms with Crippen molar-refractivity contribution in [1.82, 2.24) is 0 Å². The Morgan fingerprint density at radius 2 is 1.83 bits per heavy atom. The van der Waals surface area contributed by atoms with Crippen molar-refractivity contribution in [2.75, 3.05) is 14.2 Å². The highest BCUT2D eigenvalue weighted by atomic mass is 35.5. The molecule has 1 aromatic carbocycles. The second kappa shape index (κ2) is 6.61. The monoisotopic (exact) mass is 273 g/mol. The van der Waals surface area contributed by atoms with E-state index < -0.39 is 11.5 Å². The highest BCUT2D eigenvalue weighted by Gasteiger charge is 2.37. The SMILES string of the molecule is COC(=O)C(C)(C)[C@H](N)c1ccccc1OC.Cl. The van der Waals surface area contributed by atoms with Gasteiger partial charge in [0.15, 0.2) is 0 Å². The smallest absolute Gasteiger partial charge is 0.313 e. The highest BCUT2D eigenvalue weighted by Crippen LogP contribution is 2.36. The van der Waals surface area contributed by atoms with Crippen molar-refractivity contribution in [3.05, 3.63) is 29.8 Å². The highest BCUT2D eigenvalue weighted by molar-refractivity contribution is 5.85. The third-order valence-corrected chi connectivity index (χ3v) is 2.96. The molecule has 1 aromatic rings.